The molecule has 6 nitrogen and oxygen atoms in total. The van der Waals surface area contributed by atoms with Gasteiger partial charge in [0.15, 0.2) is 0 Å². The van der Waals surface area contributed by atoms with Crippen LogP contribution in [-0.2, 0) is 4.79 Å². The number of carbonyl (C=O) groups is 2. The molecule has 0 bridgehead atoms. The number of nitrogens with one attached hydrogen (secondary N) is 2. The molecule has 1 aliphatic rings. The second-order valence-electron chi connectivity index (χ2n) is 4.82. The van der Waals surface area contributed by atoms with E-state index < -0.39 is 5.97 Å². The first-order valence-corrected chi connectivity index (χ1v) is 6.49. The molecule has 1 aliphatic carbocycles. The molecule has 18 heavy (non-hydrogen) atoms. The number of carboxylic acid groups (broad SMARTS) is 1. The van der Waals surface area contributed by atoms with Crippen molar-refractivity contribution in [3.63, 3.8) is 0 Å². The number of likely N-dealkylation sites (N-methyl/N-ethyl adjacent to an activating group) is 1. The summed E-state index contributed by atoms with van der Waals surface area (Å²) in [5.74, 6) is -0.893. The number of urea groups is 1. The Hall–Kier alpha value is -1.30. The monoisotopic (exact) mass is 257 g/mol. The van der Waals surface area contributed by atoms with Crippen LogP contribution in [0.5, 0.6) is 0 Å². The molecule has 6 heteroatoms. The minimum Gasteiger partial charge on any atom is -0.481 e. The maximum absolute atomic E-state index is 11.5. The van der Waals surface area contributed by atoms with Crippen molar-refractivity contribution in [1.29, 1.82) is 0 Å². The Labute approximate surface area is 108 Å². The highest BCUT2D eigenvalue weighted by molar-refractivity contribution is 5.75. The molecule has 1 unspecified atom stereocenters. The zero-order chi connectivity index (χ0) is 13.5. The molecule has 2 amide bonds. The second-order valence-corrected chi connectivity index (χ2v) is 4.82. The smallest absolute Gasteiger partial charge is 0.315 e. The average molecular weight is 257 g/mol. The second kappa shape index (κ2) is 7.20. The van der Waals surface area contributed by atoms with Crippen molar-refractivity contribution in [2.45, 2.75) is 44.7 Å². The van der Waals surface area contributed by atoms with E-state index in [4.69, 9.17) is 5.11 Å². The molecule has 0 spiro atoms. The first-order chi connectivity index (χ1) is 8.52. The summed E-state index contributed by atoms with van der Waals surface area (Å²) in [4.78, 5) is 24.3. The molecule has 3 N–H and O–H groups in total. The van der Waals surface area contributed by atoms with Crippen molar-refractivity contribution in [1.82, 2.24) is 15.5 Å². The third-order valence-corrected chi connectivity index (χ3v) is 3.17. The fourth-order valence-corrected chi connectivity index (χ4v) is 1.79. The average Bonchev–Trinajstić information content (AvgIpc) is 3.11. The van der Waals surface area contributed by atoms with E-state index in [9.17, 15) is 9.59 Å². The molecule has 1 atom stereocenters. The van der Waals surface area contributed by atoms with Gasteiger partial charge in [-0.1, -0.05) is 6.92 Å². The van der Waals surface area contributed by atoms with Crippen molar-refractivity contribution in [2.75, 3.05) is 20.1 Å². The Bertz CT molecular complexity index is 292. The molecule has 0 aromatic heterocycles. The van der Waals surface area contributed by atoms with Crippen LogP contribution in [0.4, 0.5) is 4.79 Å². The lowest BCUT2D eigenvalue weighted by molar-refractivity contribution is -0.137. The topological polar surface area (TPSA) is 81.7 Å². The van der Waals surface area contributed by atoms with Crippen molar-refractivity contribution < 1.29 is 14.7 Å². The summed E-state index contributed by atoms with van der Waals surface area (Å²) in [6, 6.07) is 0.0984. The maximum Gasteiger partial charge on any atom is 0.315 e. The first-order valence-electron chi connectivity index (χ1n) is 6.49. The van der Waals surface area contributed by atoms with Gasteiger partial charge >= 0.3 is 12.0 Å². The van der Waals surface area contributed by atoms with Crippen LogP contribution >= 0.6 is 0 Å². The molecule has 0 saturated heterocycles. The van der Waals surface area contributed by atoms with Crippen LogP contribution in [0, 0.1) is 0 Å². The van der Waals surface area contributed by atoms with Crippen LogP contribution in [0.15, 0.2) is 0 Å². The lowest BCUT2D eigenvalue weighted by Gasteiger charge is -2.18. The van der Waals surface area contributed by atoms with Gasteiger partial charge in [0.05, 0.1) is 6.42 Å². The van der Waals surface area contributed by atoms with Crippen molar-refractivity contribution >= 4 is 12.0 Å². The van der Waals surface area contributed by atoms with E-state index in [1.807, 2.05) is 6.92 Å². The Kier molecular flexibility index (Phi) is 5.91. The van der Waals surface area contributed by atoms with Gasteiger partial charge in [0, 0.05) is 25.2 Å². The fourth-order valence-electron chi connectivity index (χ4n) is 1.79. The van der Waals surface area contributed by atoms with Gasteiger partial charge < -0.3 is 20.6 Å². The van der Waals surface area contributed by atoms with E-state index in [1.165, 1.54) is 12.8 Å². The Balaban J connectivity index is 2.12. The highest BCUT2D eigenvalue weighted by Crippen LogP contribution is 2.24. The van der Waals surface area contributed by atoms with Crippen molar-refractivity contribution in [2.24, 2.45) is 0 Å². The number of carboxylic acids is 1. The number of nitrogens with zero attached hydrogens (tertiary/aromatic N) is 1. The highest BCUT2D eigenvalue weighted by Gasteiger charge is 2.25. The van der Waals surface area contributed by atoms with Gasteiger partial charge in [0.2, 0.25) is 0 Å². The Morgan fingerprint density at radius 3 is 2.61 bits per heavy atom. The lowest BCUT2D eigenvalue weighted by Crippen LogP contribution is -2.44. The highest BCUT2D eigenvalue weighted by atomic mass is 16.4. The molecular weight excluding hydrogens is 234 g/mol. The van der Waals surface area contributed by atoms with Crippen LogP contribution in [-0.4, -0.2) is 54.2 Å². The van der Waals surface area contributed by atoms with Crippen LogP contribution < -0.4 is 10.6 Å². The predicted molar refractivity (Wildman–Crippen MR) is 68.5 cm³/mol. The molecule has 104 valence electrons. The molecule has 1 fully saturated rings. The summed E-state index contributed by atoms with van der Waals surface area (Å²) in [5, 5.41) is 14.1. The normalized spacial score (nSPS) is 16.4. The van der Waals surface area contributed by atoms with Crippen LogP contribution in [0.2, 0.25) is 0 Å². The number of hydrogen-bond acceptors (Lipinski definition) is 3. The van der Waals surface area contributed by atoms with Crippen molar-refractivity contribution in [3.8, 4) is 0 Å². The lowest BCUT2D eigenvalue weighted by atomic mass is 10.1. The van der Waals surface area contributed by atoms with Crippen molar-refractivity contribution in [3.05, 3.63) is 0 Å². The number of aliphatic carboxylic acids is 1. The van der Waals surface area contributed by atoms with Gasteiger partial charge in [-0.15, -0.1) is 0 Å². The van der Waals surface area contributed by atoms with E-state index in [-0.39, 0.29) is 18.5 Å². The molecular formula is C12H23N3O3. The third-order valence-electron chi connectivity index (χ3n) is 3.17. The van der Waals surface area contributed by atoms with E-state index in [0.29, 0.717) is 19.0 Å². The molecule has 1 saturated carbocycles. The molecule has 0 aliphatic heterocycles. The minimum absolute atomic E-state index is 0.0358. The third kappa shape index (κ3) is 5.86. The quantitative estimate of drug-likeness (QED) is 0.596. The van der Waals surface area contributed by atoms with Gasteiger partial charge in [-0.05, 0) is 26.3 Å². The summed E-state index contributed by atoms with van der Waals surface area (Å²) in [5.41, 5.74) is 0. The molecule has 0 aromatic rings. The van der Waals surface area contributed by atoms with Gasteiger partial charge in [0.1, 0.15) is 0 Å². The van der Waals surface area contributed by atoms with E-state index in [0.717, 1.165) is 6.54 Å². The van der Waals surface area contributed by atoms with Crippen LogP contribution in [0.1, 0.15) is 32.6 Å². The summed E-state index contributed by atoms with van der Waals surface area (Å²) < 4.78 is 0. The minimum atomic E-state index is -0.893. The van der Waals surface area contributed by atoms with Gasteiger partial charge in [-0.2, -0.15) is 0 Å². The fraction of sp³-hybridized carbons (Fsp3) is 0.833. The molecule has 0 aromatic carbocycles. The summed E-state index contributed by atoms with van der Waals surface area (Å²) in [7, 11) is 2.05. The first kappa shape index (κ1) is 14.8. The Morgan fingerprint density at radius 2 is 2.11 bits per heavy atom. The van der Waals surface area contributed by atoms with Gasteiger partial charge in [0.25, 0.3) is 0 Å². The SMILES string of the molecule is CCC(CC(=O)O)NC(=O)NCCN(C)C1CC1. The zero-order valence-electron chi connectivity index (χ0n) is 11.1. The molecule has 0 radical (unpaired) electrons. The van der Waals surface area contributed by atoms with E-state index >= 15 is 0 Å². The zero-order valence-corrected chi connectivity index (χ0v) is 11.1. The number of amides is 2. The predicted octanol–water partition coefficient (Wildman–Crippen LogP) is 0.633. The number of carbonyl (C=O) groups excluding carboxylic acids is 1. The number of rotatable bonds is 8. The summed E-state index contributed by atoms with van der Waals surface area (Å²) in [6.45, 7) is 3.27. The standard InChI is InChI=1S/C12H23N3O3/c1-3-9(8-11(16)17)14-12(18)13-6-7-15(2)10-4-5-10/h9-10H,3-8H2,1-2H3,(H,16,17)(H2,13,14,18). The number of hydrogen-bond donors (Lipinski definition) is 3. The maximum atomic E-state index is 11.5. The molecule has 1 rings (SSSR count). The van der Waals surface area contributed by atoms with Gasteiger partial charge in [-0.25, -0.2) is 4.79 Å². The van der Waals surface area contributed by atoms with Crippen LogP contribution in [0.3, 0.4) is 0 Å². The summed E-state index contributed by atoms with van der Waals surface area (Å²) >= 11 is 0. The Morgan fingerprint density at radius 1 is 1.44 bits per heavy atom. The van der Waals surface area contributed by atoms with Gasteiger partial charge in [-0.3, -0.25) is 4.79 Å². The molecule has 0 heterocycles. The van der Waals surface area contributed by atoms with E-state index in [1.54, 1.807) is 0 Å². The van der Waals surface area contributed by atoms with Crippen LogP contribution in [0.25, 0.3) is 0 Å². The van der Waals surface area contributed by atoms with E-state index in [2.05, 4.69) is 22.6 Å². The summed E-state index contributed by atoms with van der Waals surface area (Å²) in [6.07, 6.45) is 3.08. The largest absolute Gasteiger partial charge is 0.481 e.